The Kier molecular flexibility index (Phi) is 9.46. The van der Waals surface area contributed by atoms with Gasteiger partial charge in [0.1, 0.15) is 11.2 Å². The van der Waals surface area contributed by atoms with Gasteiger partial charge in [0.25, 0.3) is 5.91 Å². The van der Waals surface area contributed by atoms with Crippen LogP contribution in [0.15, 0.2) is 85.2 Å². The predicted molar refractivity (Wildman–Crippen MR) is 183 cm³/mol. The van der Waals surface area contributed by atoms with Crippen LogP contribution >= 0.6 is 0 Å². The predicted octanol–water partition coefficient (Wildman–Crippen LogP) is 8.04. The lowest BCUT2D eigenvalue weighted by Crippen LogP contribution is -2.41. The lowest BCUT2D eigenvalue weighted by Gasteiger charge is -2.35. The third-order valence-corrected chi connectivity index (χ3v) is 7.09. The van der Waals surface area contributed by atoms with E-state index in [4.69, 9.17) is 9.47 Å². The zero-order valence-corrected chi connectivity index (χ0v) is 27.5. The summed E-state index contributed by atoms with van der Waals surface area (Å²) < 4.78 is 11.0. The molecule has 5 rings (SSSR count). The SMILES string of the molecule is CC(C)(C)OC(=O)Nc1ccc(-c2ccccc2)cc1NC(=O)c1cnc(NC2CCN(C(=O)OC(C)(C)C)c3ccccc32)nc1. The Morgan fingerprint density at radius 1 is 0.766 bits per heavy atom. The molecule has 47 heavy (non-hydrogen) atoms. The number of fused-ring (bicyclic) bond motifs is 1. The highest BCUT2D eigenvalue weighted by Crippen LogP contribution is 2.36. The van der Waals surface area contributed by atoms with Gasteiger partial charge in [-0.05, 0) is 82.9 Å². The Bertz CT molecular complexity index is 1750. The average Bonchev–Trinajstić information content (AvgIpc) is 3.01. The van der Waals surface area contributed by atoms with Gasteiger partial charge in [0, 0.05) is 18.9 Å². The molecule has 0 spiro atoms. The number of ether oxygens (including phenoxy) is 2. The molecule has 11 nitrogen and oxygen atoms in total. The van der Waals surface area contributed by atoms with Crippen molar-refractivity contribution < 1.29 is 23.9 Å². The number of hydrogen-bond acceptors (Lipinski definition) is 8. The van der Waals surface area contributed by atoms with Crippen LogP contribution in [0.3, 0.4) is 0 Å². The monoisotopic (exact) mass is 636 g/mol. The topological polar surface area (TPSA) is 135 Å². The number of benzene rings is 3. The van der Waals surface area contributed by atoms with Crippen molar-refractivity contribution in [3.05, 3.63) is 96.3 Å². The molecule has 0 saturated heterocycles. The standard InChI is InChI=1S/C36H40N6O5/c1-35(2,3)46-33(44)41-28-17-16-24(23-12-8-7-9-13-23)20-29(28)39-31(43)25-21-37-32(38-22-25)40-27-18-19-42(34(45)47-36(4,5)6)30-15-11-10-14-26(27)30/h7-17,20-22,27H,18-19H2,1-6H3,(H,39,43)(H,41,44)(H,37,38,40). The maximum Gasteiger partial charge on any atom is 0.414 e. The molecular weight excluding hydrogens is 596 g/mol. The Labute approximate surface area is 274 Å². The van der Waals surface area contributed by atoms with Crippen LogP contribution < -0.4 is 20.9 Å². The molecule has 4 aromatic rings. The van der Waals surface area contributed by atoms with E-state index in [2.05, 4.69) is 25.9 Å². The Morgan fingerprint density at radius 3 is 2.11 bits per heavy atom. The van der Waals surface area contributed by atoms with Crippen LogP contribution in [-0.2, 0) is 9.47 Å². The van der Waals surface area contributed by atoms with Gasteiger partial charge in [-0.2, -0.15) is 0 Å². The molecule has 1 aliphatic rings. The second kappa shape index (κ2) is 13.5. The van der Waals surface area contributed by atoms with Crippen LogP contribution in [0.4, 0.5) is 32.6 Å². The molecule has 3 amide bonds. The molecule has 0 aliphatic carbocycles. The third kappa shape index (κ3) is 8.63. The Morgan fingerprint density at radius 2 is 1.43 bits per heavy atom. The first-order valence-corrected chi connectivity index (χ1v) is 15.4. The smallest absolute Gasteiger partial charge is 0.414 e. The molecule has 244 valence electrons. The van der Waals surface area contributed by atoms with Gasteiger partial charge in [0.15, 0.2) is 0 Å². The summed E-state index contributed by atoms with van der Waals surface area (Å²) in [4.78, 5) is 49.3. The van der Waals surface area contributed by atoms with Crippen molar-refractivity contribution in [1.29, 1.82) is 0 Å². The minimum Gasteiger partial charge on any atom is -0.444 e. The van der Waals surface area contributed by atoms with E-state index in [1.807, 2.05) is 81.4 Å². The summed E-state index contributed by atoms with van der Waals surface area (Å²) in [5.74, 6) is -0.115. The number of rotatable bonds is 6. The molecule has 0 radical (unpaired) electrons. The third-order valence-electron chi connectivity index (χ3n) is 7.09. The number of carbonyl (C=O) groups is 3. The summed E-state index contributed by atoms with van der Waals surface area (Å²) in [6.45, 7) is 11.3. The number of anilines is 4. The second-order valence-electron chi connectivity index (χ2n) is 13.2. The van der Waals surface area contributed by atoms with E-state index in [1.165, 1.54) is 12.4 Å². The molecule has 3 N–H and O–H groups in total. The highest BCUT2D eigenvalue weighted by Gasteiger charge is 2.31. The average molecular weight is 637 g/mol. The molecule has 11 heteroatoms. The molecule has 1 atom stereocenters. The fourth-order valence-electron chi connectivity index (χ4n) is 5.07. The van der Waals surface area contributed by atoms with Gasteiger partial charge in [-0.3, -0.25) is 15.0 Å². The van der Waals surface area contributed by atoms with Crippen molar-refractivity contribution >= 4 is 41.1 Å². The van der Waals surface area contributed by atoms with Crippen molar-refractivity contribution in [2.24, 2.45) is 0 Å². The quantitative estimate of drug-likeness (QED) is 0.194. The van der Waals surface area contributed by atoms with Crippen LogP contribution in [0, 0.1) is 0 Å². The maximum absolute atomic E-state index is 13.4. The fraction of sp³-hybridized carbons (Fsp3) is 0.306. The van der Waals surface area contributed by atoms with E-state index in [0.29, 0.717) is 30.3 Å². The summed E-state index contributed by atoms with van der Waals surface area (Å²) in [6.07, 6.45) is 2.45. The van der Waals surface area contributed by atoms with E-state index in [0.717, 1.165) is 22.4 Å². The lowest BCUT2D eigenvalue weighted by molar-refractivity contribution is 0.0575. The highest BCUT2D eigenvalue weighted by molar-refractivity contribution is 6.07. The van der Waals surface area contributed by atoms with Crippen molar-refractivity contribution in [1.82, 2.24) is 9.97 Å². The zero-order chi connectivity index (χ0) is 33.8. The van der Waals surface area contributed by atoms with Crippen molar-refractivity contribution in [3.63, 3.8) is 0 Å². The molecule has 0 fully saturated rings. The van der Waals surface area contributed by atoms with Gasteiger partial charge in [0.05, 0.1) is 28.7 Å². The number of nitrogens with zero attached hydrogens (tertiary/aromatic N) is 3. The van der Waals surface area contributed by atoms with Gasteiger partial charge in [0.2, 0.25) is 5.95 Å². The first kappa shape index (κ1) is 32.9. The number of aromatic nitrogens is 2. The summed E-state index contributed by atoms with van der Waals surface area (Å²) in [7, 11) is 0. The van der Waals surface area contributed by atoms with Crippen molar-refractivity contribution in [3.8, 4) is 11.1 Å². The minimum atomic E-state index is -0.693. The molecule has 3 aromatic carbocycles. The number of nitrogens with one attached hydrogen (secondary N) is 3. The molecular formula is C36H40N6O5. The molecule has 1 aromatic heterocycles. The molecule has 0 bridgehead atoms. The van der Waals surface area contributed by atoms with Gasteiger partial charge >= 0.3 is 12.2 Å². The van der Waals surface area contributed by atoms with Gasteiger partial charge in [-0.15, -0.1) is 0 Å². The summed E-state index contributed by atoms with van der Waals surface area (Å²) in [5, 5.41) is 8.97. The largest absolute Gasteiger partial charge is 0.444 e. The van der Waals surface area contributed by atoms with E-state index in [1.54, 1.807) is 37.8 Å². The molecule has 0 saturated carbocycles. The van der Waals surface area contributed by atoms with Crippen LogP contribution in [0.25, 0.3) is 11.1 Å². The van der Waals surface area contributed by atoms with Crippen LogP contribution in [0.5, 0.6) is 0 Å². The van der Waals surface area contributed by atoms with E-state index < -0.39 is 29.3 Å². The molecule has 1 unspecified atom stereocenters. The van der Waals surface area contributed by atoms with Crippen LogP contribution in [0.2, 0.25) is 0 Å². The van der Waals surface area contributed by atoms with E-state index in [9.17, 15) is 14.4 Å². The highest BCUT2D eigenvalue weighted by atomic mass is 16.6. The first-order chi connectivity index (χ1) is 22.3. The number of para-hydroxylation sites is 1. The maximum atomic E-state index is 13.4. The minimum absolute atomic E-state index is 0.160. The zero-order valence-electron chi connectivity index (χ0n) is 27.5. The van der Waals surface area contributed by atoms with Gasteiger partial charge < -0.3 is 20.1 Å². The summed E-state index contributed by atoms with van der Waals surface area (Å²) in [5.41, 5.74) is 3.16. The van der Waals surface area contributed by atoms with Crippen molar-refractivity contribution in [2.75, 3.05) is 27.4 Å². The van der Waals surface area contributed by atoms with E-state index >= 15 is 0 Å². The number of hydrogen-bond donors (Lipinski definition) is 3. The molecule has 2 heterocycles. The van der Waals surface area contributed by atoms with Crippen LogP contribution in [-0.4, -0.2) is 45.8 Å². The first-order valence-electron chi connectivity index (χ1n) is 15.4. The Hall–Kier alpha value is -5.45. The number of amides is 3. The Balaban J connectivity index is 1.31. The summed E-state index contributed by atoms with van der Waals surface area (Å²) >= 11 is 0. The van der Waals surface area contributed by atoms with Gasteiger partial charge in [-0.1, -0.05) is 54.6 Å². The normalized spacial score (nSPS) is 14.4. The number of carbonyl (C=O) groups excluding carboxylic acids is 3. The van der Waals surface area contributed by atoms with Crippen LogP contribution in [0.1, 0.15) is 69.9 Å². The van der Waals surface area contributed by atoms with Gasteiger partial charge in [-0.25, -0.2) is 19.6 Å². The lowest BCUT2D eigenvalue weighted by atomic mass is 9.96. The summed E-state index contributed by atoms with van der Waals surface area (Å²) in [6, 6.07) is 22.5. The van der Waals surface area contributed by atoms with Crippen molar-refractivity contribution in [2.45, 2.75) is 65.2 Å². The second-order valence-corrected chi connectivity index (χ2v) is 13.2. The molecule has 1 aliphatic heterocycles. The van der Waals surface area contributed by atoms with E-state index in [-0.39, 0.29) is 11.6 Å². The fourth-order valence-corrected chi connectivity index (χ4v) is 5.07.